The second-order valence-corrected chi connectivity index (χ2v) is 5.87. The van der Waals surface area contributed by atoms with Crippen molar-refractivity contribution >= 4 is 17.8 Å². The van der Waals surface area contributed by atoms with Crippen molar-refractivity contribution in [2.75, 3.05) is 6.54 Å². The van der Waals surface area contributed by atoms with E-state index in [-0.39, 0.29) is 37.4 Å². The minimum Gasteiger partial charge on any atom is -0.460 e. The fourth-order valence-electron chi connectivity index (χ4n) is 2.26. The van der Waals surface area contributed by atoms with Crippen LogP contribution in [0.5, 0.6) is 0 Å². The molecule has 2 rings (SSSR count). The van der Waals surface area contributed by atoms with Crippen molar-refractivity contribution in [2.45, 2.75) is 26.0 Å². The standard InChI is InChI=1S/C20H22N2O4/c1-15(22-20(25)17-10-6-3-7-11-17)12-18(23)21-13-19(24)26-14-16-8-4-2-5-9-16/h2-11,15H,12-14H2,1H3,(H,21,23)(H,22,25). The molecule has 2 amide bonds. The minimum absolute atomic E-state index is 0.0739. The Kier molecular flexibility index (Phi) is 7.36. The zero-order chi connectivity index (χ0) is 18.8. The largest absolute Gasteiger partial charge is 0.460 e. The molecule has 0 aliphatic heterocycles. The quantitative estimate of drug-likeness (QED) is 0.711. The Balaban J connectivity index is 1.66. The Hall–Kier alpha value is -3.15. The highest BCUT2D eigenvalue weighted by molar-refractivity contribution is 5.94. The van der Waals surface area contributed by atoms with Crippen molar-refractivity contribution in [2.24, 2.45) is 0 Å². The number of carbonyl (C=O) groups is 3. The van der Waals surface area contributed by atoms with Crippen LogP contribution in [0.2, 0.25) is 0 Å². The predicted octanol–water partition coefficient (Wildman–Crippen LogP) is 2.05. The van der Waals surface area contributed by atoms with E-state index in [0.29, 0.717) is 5.56 Å². The zero-order valence-corrected chi connectivity index (χ0v) is 14.6. The van der Waals surface area contributed by atoms with Crippen LogP contribution in [-0.4, -0.2) is 30.4 Å². The summed E-state index contributed by atoms with van der Waals surface area (Å²) in [4.78, 5) is 35.5. The maximum Gasteiger partial charge on any atom is 0.325 e. The summed E-state index contributed by atoms with van der Waals surface area (Å²) in [5.74, 6) is -1.08. The lowest BCUT2D eigenvalue weighted by molar-refractivity contribution is -0.145. The number of benzene rings is 2. The number of rotatable bonds is 8. The molecule has 2 N–H and O–H groups in total. The van der Waals surface area contributed by atoms with Crippen molar-refractivity contribution in [3.8, 4) is 0 Å². The maximum absolute atomic E-state index is 12.0. The van der Waals surface area contributed by atoms with Crippen LogP contribution in [-0.2, 0) is 20.9 Å². The van der Waals surface area contributed by atoms with E-state index in [9.17, 15) is 14.4 Å². The molecule has 6 nitrogen and oxygen atoms in total. The Labute approximate surface area is 152 Å². The fraction of sp³-hybridized carbons (Fsp3) is 0.250. The van der Waals surface area contributed by atoms with Gasteiger partial charge in [-0.1, -0.05) is 48.5 Å². The van der Waals surface area contributed by atoms with Crippen LogP contribution in [0.25, 0.3) is 0 Å². The van der Waals surface area contributed by atoms with Crippen molar-refractivity contribution in [1.82, 2.24) is 10.6 Å². The predicted molar refractivity (Wildman–Crippen MR) is 97.2 cm³/mol. The highest BCUT2D eigenvalue weighted by Gasteiger charge is 2.14. The molecule has 0 fully saturated rings. The van der Waals surface area contributed by atoms with E-state index < -0.39 is 5.97 Å². The van der Waals surface area contributed by atoms with Crippen molar-refractivity contribution in [3.63, 3.8) is 0 Å². The maximum atomic E-state index is 12.0. The van der Waals surface area contributed by atoms with E-state index in [4.69, 9.17) is 4.74 Å². The average Bonchev–Trinajstić information content (AvgIpc) is 2.66. The highest BCUT2D eigenvalue weighted by atomic mass is 16.5. The third-order valence-electron chi connectivity index (χ3n) is 3.58. The monoisotopic (exact) mass is 354 g/mol. The van der Waals surface area contributed by atoms with Gasteiger partial charge in [0.05, 0.1) is 0 Å². The summed E-state index contributed by atoms with van der Waals surface area (Å²) in [6, 6.07) is 17.7. The van der Waals surface area contributed by atoms with E-state index in [0.717, 1.165) is 5.56 Å². The van der Waals surface area contributed by atoms with E-state index in [2.05, 4.69) is 10.6 Å². The summed E-state index contributed by atoms with van der Waals surface area (Å²) in [5, 5.41) is 5.24. The summed E-state index contributed by atoms with van der Waals surface area (Å²) in [5.41, 5.74) is 1.41. The van der Waals surface area contributed by atoms with Crippen LogP contribution in [0.3, 0.4) is 0 Å². The summed E-state index contributed by atoms with van der Waals surface area (Å²) in [6.07, 6.45) is 0.0739. The first-order chi connectivity index (χ1) is 12.5. The van der Waals surface area contributed by atoms with E-state index in [1.807, 2.05) is 36.4 Å². The van der Waals surface area contributed by atoms with Crippen LogP contribution in [0, 0.1) is 0 Å². The first-order valence-electron chi connectivity index (χ1n) is 8.37. The Morgan fingerprint density at radius 1 is 0.962 bits per heavy atom. The van der Waals surface area contributed by atoms with Gasteiger partial charge >= 0.3 is 5.97 Å². The summed E-state index contributed by atoms with van der Waals surface area (Å²) in [6.45, 7) is 1.69. The molecule has 136 valence electrons. The second kappa shape index (κ2) is 9.98. The highest BCUT2D eigenvalue weighted by Crippen LogP contribution is 2.01. The van der Waals surface area contributed by atoms with Crippen LogP contribution in [0.1, 0.15) is 29.3 Å². The SMILES string of the molecule is CC(CC(=O)NCC(=O)OCc1ccccc1)NC(=O)c1ccccc1. The third-order valence-corrected chi connectivity index (χ3v) is 3.58. The van der Waals surface area contributed by atoms with Crippen LogP contribution < -0.4 is 10.6 Å². The molecule has 0 radical (unpaired) electrons. The van der Waals surface area contributed by atoms with Crippen LogP contribution in [0.4, 0.5) is 0 Å². The molecule has 2 aromatic carbocycles. The third kappa shape index (κ3) is 6.76. The fourth-order valence-corrected chi connectivity index (χ4v) is 2.26. The van der Waals surface area contributed by atoms with Gasteiger partial charge in [-0.15, -0.1) is 0 Å². The van der Waals surface area contributed by atoms with Gasteiger partial charge in [-0.3, -0.25) is 14.4 Å². The lowest BCUT2D eigenvalue weighted by Gasteiger charge is -2.14. The molecule has 0 aliphatic rings. The Bertz CT molecular complexity index is 732. The van der Waals surface area contributed by atoms with Crippen molar-refractivity contribution in [3.05, 3.63) is 71.8 Å². The molecule has 26 heavy (non-hydrogen) atoms. The molecule has 2 aromatic rings. The number of nitrogens with one attached hydrogen (secondary N) is 2. The number of hydrogen-bond donors (Lipinski definition) is 2. The number of amides is 2. The van der Waals surface area contributed by atoms with Gasteiger partial charge < -0.3 is 15.4 Å². The molecule has 1 atom stereocenters. The summed E-state index contributed by atoms with van der Waals surface area (Å²) in [7, 11) is 0. The van der Waals surface area contributed by atoms with Gasteiger partial charge in [0, 0.05) is 18.0 Å². The lowest BCUT2D eigenvalue weighted by atomic mass is 10.1. The van der Waals surface area contributed by atoms with Gasteiger partial charge in [0.15, 0.2) is 0 Å². The summed E-state index contributed by atoms with van der Waals surface area (Å²) < 4.78 is 5.08. The van der Waals surface area contributed by atoms with Crippen LogP contribution >= 0.6 is 0 Å². The van der Waals surface area contributed by atoms with Crippen molar-refractivity contribution in [1.29, 1.82) is 0 Å². The number of esters is 1. The molecule has 0 heterocycles. The van der Waals surface area contributed by atoms with Gasteiger partial charge in [-0.2, -0.15) is 0 Å². The number of ether oxygens (including phenoxy) is 1. The summed E-state index contributed by atoms with van der Waals surface area (Å²) >= 11 is 0. The van der Waals surface area contributed by atoms with E-state index in [1.54, 1.807) is 31.2 Å². The number of carbonyl (C=O) groups excluding carboxylic acids is 3. The second-order valence-electron chi connectivity index (χ2n) is 5.87. The molecular weight excluding hydrogens is 332 g/mol. The van der Waals surface area contributed by atoms with Gasteiger partial charge in [-0.25, -0.2) is 0 Å². The Morgan fingerprint density at radius 2 is 1.58 bits per heavy atom. The van der Waals surface area contributed by atoms with Crippen LogP contribution in [0.15, 0.2) is 60.7 Å². The van der Waals surface area contributed by atoms with Gasteiger partial charge in [0.2, 0.25) is 5.91 Å². The van der Waals surface area contributed by atoms with Gasteiger partial charge in [0.1, 0.15) is 13.2 Å². The van der Waals surface area contributed by atoms with Gasteiger partial charge in [0.25, 0.3) is 5.91 Å². The van der Waals surface area contributed by atoms with E-state index >= 15 is 0 Å². The molecule has 0 spiro atoms. The first-order valence-corrected chi connectivity index (χ1v) is 8.37. The molecule has 1 unspecified atom stereocenters. The van der Waals surface area contributed by atoms with Crippen molar-refractivity contribution < 1.29 is 19.1 Å². The molecule has 6 heteroatoms. The molecule has 0 aliphatic carbocycles. The minimum atomic E-state index is -0.511. The lowest BCUT2D eigenvalue weighted by Crippen LogP contribution is -2.38. The number of hydrogen-bond acceptors (Lipinski definition) is 4. The first kappa shape index (κ1) is 19.2. The smallest absolute Gasteiger partial charge is 0.325 e. The molecular formula is C20H22N2O4. The molecule has 0 saturated carbocycles. The topological polar surface area (TPSA) is 84.5 Å². The average molecular weight is 354 g/mol. The Morgan fingerprint density at radius 3 is 2.23 bits per heavy atom. The normalized spacial score (nSPS) is 11.3. The zero-order valence-electron chi connectivity index (χ0n) is 14.6. The van der Waals surface area contributed by atoms with E-state index in [1.165, 1.54) is 0 Å². The molecule has 0 bridgehead atoms. The molecule has 0 saturated heterocycles. The molecule has 0 aromatic heterocycles. The van der Waals surface area contributed by atoms with Gasteiger partial charge in [-0.05, 0) is 24.6 Å².